The van der Waals surface area contributed by atoms with Crippen LogP contribution in [0.5, 0.6) is 5.75 Å². The number of allylic oxidation sites excluding steroid dienone is 1. The summed E-state index contributed by atoms with van der Waals surface area (Å²) in [7, 11) is 3.32. The fourth-order valence-corrected chi connectivity index (χ4v) is 4.27. The molecule has 180 valence electrons. The van der Waals surface area contributed by atoms with Gasteiger partial charge in [-0.1, -0.05) is 54.0 Å². The molecule has 1 atom stereocenters. The Hall–Kier alpha value is -3.48. The Labute approximate surface area is 214 Å². The summed E-state index contributed by atoms with van der Waals surface area (Å²) in [6, 6.07) is 16.9. The molecule has 0 saturated heterocycles. The monoisotopic (exact) mass is 508 g/mol. The molecule has 0 aliphatic rings. The highest BCUT2D eigenvalue weighted by molar-refractivity contribution is 6.30. The second kappa shape index (κ2) is 10.4. The third-order valence-corrected chi connectivity index (χ3v) is 6.19. The van der Waals surface area contributed by atoms with Crippen molar-refractivity contribution >= 4 is 34.5 Å². The standard InChI is InChI=1S/C27H26Cl2N4O2/c1-17(2)25-23(16-33(31-25)14-18-5-11-22(35-4)12-6-18)26(19-7-9-20(28)10-8-19)30-21-13-24(29)27(34)32(3)15-21/h5-13,15-16,26,30H,1,14H2,2-4H3. The molecule has 0 aliphatic carbocycles. The number of nitrogens with zero attached hydrogens (tertiary/aromatic N) is 3. The average Bonchev–Trinajstić information content (AvgIpc) is 3.26. The van der Waals surface area contributed by atoms with E-state index < -0.39 is 0 Å². The van der Waals surface area contributed by atoms with Crippen LogP contribution in [0.15, 0.2) is 78.4 Å². The zero-order chi connectivity index (χ0) is 25.1. The van der Waals surface area contributed by atoms with Crippen LogP contribution in [0.2, 0.25) is 10.0 Å². The first-order valence-electron chi connectivity index (χ1n) is 11.0. The van der Waals surface area contributed by atoms with Crippen molar-refractivity contribution in [1.29, 1.82) is 0 Å². The van der Waals surface area contributed by atoms with E-state index in [9.17, 15) is 4.79 Å². The van der Waals surface area contributed by atoms with E-state index in [-0.39, 0.29) is 16.6 Å². The van der Waals surface area contributed by atoms with Gasteiger partial charge in [0.05, 0.1) is 31.1 Å². The minimum absolute atomic E-state index is 0.141. The smallest absolute Gasteiger partial charge is 0.269 e. The Morgan fingerprint density at radius 1 is 1.11 bits per heavy atom. The predicted molar refractivity (Wildman–Crippen MR) is 143 cm³/mol. The highest BCUT2D eigenvalue weighted by Gasteiger charge is 2.22. The normalized spacial score (nSPS) is 11.8. The topological polar surface area (TPSA) is 61.1 Å². The van der Waals surface area contributed by atoms with Gasteiger partial charge in [0.15, 0.2) is 0 Å². The van der Waals surface area contributed by atoms with Crippen LogP contribution in [0, 0.1) is 0 Å². The van der Waals surface area contributed by atoms with Gasteiger partial charge >= 0.3 is 0 Å². The summed E-state index contributed by atoms with van der Waals surface area (Å²) in [5, 5.41) is 9.16. The summed E-state index contributed by atoms with van der Waals surface area (Å²) in [6.07, 6.45) is 3.74. The highest BCUT2D eigenvalue weighted by atomic mass is 35.5. The molecule has 8 heteroatoms. The number of rotatable bonds is 8. The van der Waals surface area contributed by atoms with Gasteiger partial charge in [-0.3, -0.25) is 9.48 Å². The summed E-state index contributed by atoms with van der Waals surface area (Å²) >= 11 is 12.3. The number of nitrogens with one attached hydrogen (secondary N) is 1. The first-order chi connectivity index (χ1) is 16.7. The molecule has 2 aromatic carbocycles. The number of methoxy groups -OCH3 is 1. The van der Waals surface area contributed by atoms with E-state index in [0.717, 1.165) is 33.7 Å². The van der Waals surface area contributed by atoms with Crippen LogP contribution < -0.4 is 15.6 Å². The third kappa shape index (κ3) is 5.61. The molecule has 6 nitrogen and oxygen atoms in total. The Kier molecular flexibility index (Phi) is 7.34. The summed E-state index contributed by atoms with van der Waals surface area (Å²) < 4.78 is 8.62. The van der Waals surface area contributed by atoms with Crippen molar-refractivity contribution in [1.82, 2.24) is 14.3 Å². The van der Waals surface area contributed by atoms with E-state index in [1.165, 1.54) is 4.57 Å². The minimum atomic E-state index is -0.294. The zero-order valence-corrected chi connectivity index (χ0v) is 21.3. The van der Waals surface area contributed by atoms with Crippen molar-refractivity contribution < 1.29 is 4.74 Å². The zero-order valence-electron chi connectivity index (χ0n) is 19.8. The largest absolute Gasteiger partial charge is 0.497 e. The lowest BCUT2D eigenvalue weighted by molar-refractivity contribution is 0.414. The van der Waals surface area contributed by atoms with Crippen LogP contribution in [-0.4, -0.2) is 21.5 Å². The lowest BCUT2D eigenvalue weighted by atomic mass is 9.97. The molecule has 0 radical (unpaired) electrons. The van der Waals surface area contributed by atoms with E-state index in [1.54, 1.807) is 26.4 Å². The molecule has 35 heavy (non-hydrogen) atoms. The molecule has 4 rings (SSSR count). The van der Waals surface area contributed by atoms with Crippen LogP contribution in [0.1, 0.15) is 35.3 Å². The van der Waals surface area contributed by atoms with Crippen molar-refractivity contribution in [2.24, 2.45) is 7.05 Å². The Balaban J connectivity index is 1.77. The fourth-order valence-electron chi connectivity index (χ4n) is 3.89. The van der Waals surface area contributed by atoms with E-state index >= 15 is 0 Å². The van der Waals surface area contributed by atoms with Gasteiger partial charge in [-0.05, 0) is 54.0 Å². The first-order valence-corrected chi connectivity index (χ1v) is 11.7. The van der Waals surface area contributed by atoms with E-state index in [2.05, 4.69) is 11.9 Å². The van der Waals surface area contributed by atoms with Gasteiger partial charge in [0.2, 0.25) is 0 Å². The number of halogens is 2. The highest BCUT2D eigenvalue weighted by Crippen LogP contribution is 2.32. The molecule has 2 aromatic heterocycles. The SMILES string of the molecule is C=C(C)c1nn(Cc2ccc(OC)cc2)cc1C(Nc1cc(Cl)c(=O)n(C)c1)c1ccc(Cl)cc1. The van der Waals surface area contributed by atoms with Crippen molar-refractivity contribution in [3.05, 3.63) is 116 Å². The van der Waals surface area contributed by atoms with Gasteiger partial charge in [0.25, 0.3) is 5.56 Å². The molecule has 4 aromatic rings. The second-order valence-electron chi connectivity index (χ2n) is 8.38. The predicted octanol–water partition coefficient (Wildman–Crippen LogP) is 6.18. The summed E-state index contributed by atoms with van der Waals surface area (Å²) in [4.78, 5) is 12.1. The van der Waals surface area contributed by atoms with Gasteiger partial charge in [0.1, 0.15) is 10.8 Å². The maximum absolute atomic E-state index is 12.1. The van der Waals surface area contributed by atoms with Crippen molar-refractivity contribution in [3.8, 4) is 5.75 Å². The molecular formula is C27H26Cl2N4O2. The number of aromatic nitrogens is 3. The van der Waals surface area contributed by atoms with Gasteiger partial charge in [0, 0.05) is 30.0 Å². The number of pyridine rings is 1. The molecule has 0 saturated carbocycles. The lowest BCUT2D eigenvalue weighted by Crippen LogP contribution is -2.19. The van der Waals surface area contributed by atoms with Crippen LogP contribution in [0.3, 0.4) is 0 Å². The Morgan fingerprint density at radius 3 is 2.40 bits per heavy atom. The Morgan fingerprint density at radius 2 is 1.80 bits per heavy atom. The molecule has 0 bridgehead atoms. The summed E-state index contributed by atoms with van der Waals surface area (Å²) in [6.45, 7) is 6.68. The molecule has 0 aliphatic heterocycles. The lowest BCUT2D eigenvalue weighted by Gasteiger charge is -2.21. The van der Waals surface area contributed by atoms with Crippen LogP contribution in [-0.2, 0) is 13.6 Å². The van der Waals surface area contributed by atoms with Gasteiger partial charge in [-0.2, -0.15) is 5.10 Å². The van der Waals surface area contributed by atoms with Gasteiger partial charge in [-0.25, -0.2) is 0 Å². The third-order valence-electron chi connectivity index (χ3n) is 5.66. The molecule has 0 fully saturated rings. The van der Waals surface area contributed by atoms with Crippen LogP contribution >= 0.6 is 23.2 Å². The quantitative estimate of drug-likeness (QED) is 0.308. The molecule has 0 spiro atoms. The van der Waals surface area contributed by atoms with Crippen molar-refractivity contribution in [3.63, 3.8) is 0 Å². The van der Waals surface area contributed by atoms with E-state index in [1.807, 2.05) is 66.3 Å². The second-order valence-corrected chi connectivity index (χ2v) is 9.22. The molecular weight excluding hydrogens is 483 g/mol. The summed E-state index contributed by atoms with van der Waals surface area (Å²) in [5.74, 6) is 0.806. The number of hydrogen-bond donors (Lipinski definition) is 1. The van der Waals surface area contributed by atoms with Crippen LogP contribution in [0.25, 0.3) is 5.57 Å². The minimum Gasteiger partial charge on any atom is -0.497 e. The molecule has 0 amide bonds. The average molecular weight is 509 g/mol. The number of benzene rings is 2. The first kappa shape index (κ1) is 24.6. The molecule has 2 heterocycles. The number of anilines is 1. The Bertz CT molecular complexity index is 1380. The number of aryl methyl sites for hydroxylation is 1. The van der Waals surface area contributed by atoms with E-state index in [4.69, 9.17) is 33.0 Å². The fraction of sp³-hybridized carbons (Fsp3) is 0.185. The van der Waals surface area contributed by atoms with Crippen molar-refractivity contribution in [2.75, 3.05) is 12.4 Å². The number of ether oxygens (including phenoxy) is 1. The maximum Gasteiger partial charge on any atom is 0.269 e. The van der Waals surface area contributed by atoms with Crippen LogP contribution in [0.4, 0.5) is 5.69 Å². The van der Waals surface area contributed by atoms with Gasteiger partial charge < -0.3 is 14.6 Å². The van der Waals surface area contributed by atoms with Crippen molar-refractivity contribution in [2.45, 2.75) is 19.5 Å². The molecule has 1 unspecified atom stereocenters. The molecule has 1 N–H and O–H groups in total. The van der Waals surface area contributed by atoms with E-state index in [0.29, 0.717) is 17.3 Å². The number of hydrogen-bond acceptors (Lipinski definition) is 4. The van der Waals surface area contributed by atoms with Gasteiger partial charge in [-0.15, -0.1) is 0 Å². The maximum atomic E-state index is 12.1. The summed E-state index contributed by atoms with van der Waals surface area (Å²) in [5.41, 5.74) is 5.09.